The van der Waals surface area contributed by atoms with Gasteiger partial charge in [-0.05, 0) is 54.3 Å². The van der Waals surface area contributed by atoms with Crippen molar-refractivity contribution < 1.29 is 27.9 Å². The van der Waals surface area contributed by atoms with E-state index < -0.39 is 46.8 Å². The number of sulfonamides is 1. The van der Waals surface area contributed by atoms with Crippen LogP contribution in [0.1, 0.15) is 24.0 Å². The van der Waals surface area contributed by atoms with Crippen molar-refractivity contribution in [3.05, 3.63) is 98.4 Å². The molecule has 3 amide bonds. The summed E-state index contributed by atoms with van der Waals surface area (Å²) in [5.41, 5.74) is 1.38. The summed E-state index contributed by atoms with van der Waals surface area (Å²) >= 11 is 15.9. The number of carbonyl (C=O) groups excluding carboxylic acids is 2. The van der Waals surface area contributed by atoms with E-state index in [1.54, 1.807) is 35.2 Å². The number of rotatable bonds is 8. The summed E-state index contributed by atoms with van der Waals surface area (Å²) < 4.78 is 30.8. The van der Waals surface area contributed by atoms with Gasteiger partial charge in [0.05, 0.1) is 11.6 Å². The lowest BCUT2D eigenvalue weighted by atomic mass is 9.96. The lowest BCUT2D eigenvalue weighted by Gasteiger charge is -2.54. The van der Waals surface area contributed by atoms with Crippen LogP contribution in [0.5, 0.6) is 0 Å². The monoisotopic (exact) mass is 734 g/mol. The van der Waals surface area contributed by atoms with Crippen molar-refractivity contribution >= 4 is 67.1 Å². The third-order valence-corrected chi connectivity index (χ3v) is 11.5. The first-order valence-corrected chi connectivity index (χ1v) is 17.3. The Morgan fingerprint density at radius 2 is 1.62 bits per heavy atom. The molecule has 3 fully saturated rings. The Morgan fingerprint density at radius 1 is 0.933 bits per heavy atom. The Bertz CT molecular complexity index is 1740. The number of benzene rings is 3. The molecule has 3 aliphatic rings. The summed E-state index contributed by atoms with van der Waals surface area (Å²) in [6.07, 6.45) is -0.813. The van der Waals surface area contributed by atoms with Crippen LogP contribution in [-0.2, 0) is 32.6 Å². The second-order valence-electron chi connectivity index (χ2n) is 11.4. The van der Waals surface area contributed by atoms with Gasteiger partial charge in [-0.15, -0.1) is 0 Å². The van der Waals surface area contributed by atoms with E-state index in [0.717, 1.165) is 32.1 Å². The van der Waals surface area contributed by atoms with Crippen molar-refractivity contribution in [2.24, 2.45) is 0 Å². The summed E-state index contributed by atoms with van der Waals surface area (Å²) in [6.45, 7) is -0.673. The number of carboxylic acid groups (broad SMARTS) is 1. The number of hydrogen-bond acceptors (Lipinski definition) is 5. The third-order valence-electron chi connectivity index (χ3n) is 8.44. The van der Waals surface area contributed by atoms with Crippen LogP contribution in [-0.4, -0.2) is 87.8 Å². The van der Waals surface area contributed by atoms with Crippen LogP contribution in [0.25, 0.3) is 0 Å². The zero-order chi connectivity index (χ0) is 32.0. The molecule has 6 rings (SSSR count). The first-order valence-electron chi connectivity index (χ1n) is 14.3. The lowest BCUT2D eigenvalue weighted by Crippen LogP contribution is -2.76. The number of hydrogen-bond donors (Lipinski definition) is 1. The van der Waals surface area contributed by atoms with E-state index >= 15 is 0 Å². The first kappa shape index (κ1) is 31.8. The molecule has 2 saturated heterocycles. The number of amides is 3. The highest BCUT2D eigenvalue weighted by Gasteiger charge is 2.57. The molecule has 3 unspecified atom stereocenters. The van der Waals surface area contributed by atoms with Gasteiger partial charge < -0.3 is 14.9 Å². The van der Waals surface area contributed by atoms with Crippen LogP contribution in [0.3, 0.4) is 0 Å². The molecule has 3 aromatic carbocycles. The van der Waals surface area contributed by atoms with Gasteiger partial charge in [0.2, 0.25) is 21.8 Å². The van der Waals surface area contributed by atoms with Crippen molar-refractivity contribution in [2.45, 2.75) is 55.0 Å². The van der Waals surface area contributed by atoms with Crippen LogP contribution in [0.15, 0.2) is 82.2 Å². The number of nitrogens with zero attached hydrogens (tertiary/aromatic N) is 4. The lowest BCUT2D eigenvalue weighted by molar-refractivity contribution is -0.170. The molecule has 236 valence electrons. The largest absolute Gasteiger partial charge is 0.465 e. The first-order chi connectivity index (χ1) is 21.5. The van der Waals surface area contributed by atoms with Gasteiger partial charge in [-0.2, -0.15) is 4.31 Å². The molecule has 0 aromatic heterocycles. The Labute approximate surface area is 279 Å². The van der Waals surface area contributed by atoms with Gasteiger partial charge in [0, 0.05) is 35.0 Å². The van der Waals surface area contributed by atoms with E-state index in [2.05, 4.69) is 15.9 Å². The minimum Gasteiger partial charge on any atom is -0.465 e. The Balaban J connectivity index is 1.48. The number of piperazine rings is 1. The highest BCUT2D eigenvalue weighted by atomic mass is 79.9. The molecule has 0 radical (unpaired) electrons. The summed E-state index contributed by atoms with van der Waals surface area (Å²) in [5.74, 6) is -0.921. The highest BCUT2D eigenvalue weighted by Crippen LogP contribution is 2.39. The van der Waals surface area contributed by atoms with Gasteiger partial charge >= 0.3 is 6.09 Å². The molecular weight excluding hydrogens is 707 g/mol. The van der Waals surface area contributed by atoms with Gasteiger partial charge in [0.15, 0.2) is 0 Å². The normalized spacial score (nSPS) is 22.3. The molecule has 1 aliphatic carbocycles. The quantitative estimate of drug-likeness (QED) is 0.345. The van der Waals surface area contributed by atoms with Crippen molar-refractivity contribution in [1.29, 1.82) is 0 Å². The van der Waals surface area contributed by atoms with Crippen LogP contribution < -0.4 is 0 Å². The van der Waals surface area contributed by atoms with Crippen LogP contribution in [0.2, 0.25) is 10.0 Å². The van der Waals surface area contributed by atoms with Crippen molar-refractivity contribution in [3.8, 4) is 0 Å². The van der Waals surface area contributed by atoms with Crippen molar-refractivity contribution in [3.63, 3.8) is 0 Å². The van der Waals surface area contributed by atoms with E-state index in [1.807, 2.05) is 24.3 Å². The number of fused-ring (bicyclic) bond motifs is 1. The standard InChI is InChI=1S/C31H29BrCl2N4O6S/c32-21-8-6-19(7-9-21)14-25-29(39)35(23-11-12-23)18-28-37(45(43,44)27-13-10-22(33)15-24(27)34)17-26(30(40)38(25)28)36(31(41)42)16-20-4-2-1-3-5-20/h1-10,13,15,23,25-26,28H,11-12,14,16-18H2,(H,41,42). The molecule has 14 heteroatoms. The zero-order valence-electron chi connectivity index (χ0n) is 23.8. The minimum atomic E-state index is -4.43. The van der Waals surface area contributed by atoms with Crippen LogP contribution in [0.4, 0.5) is 4.79 Å². The molecule has 1 saturated carbocycles. The summed E-state index contributed by atoms with van der Waals surface area (Å²) in [5, 5.41) is 10.5. The number of carbonyl (C=O) groups is 3. The summed E-state index contributed by atoms with van der Waals surface area (Å²) in [4.78, 5) is 45.0. The zero-order valence-corrected chi connectivity index (χ0v) is 27.7. The van der Waals surface area contributed by atoms with E-state index in [-0.39, 0.29) is 46.4 Å². The maximum atomic E-state index is 14.5. The second-order valence-corrected chi connectivity index (χ2v) is 15.0. The average Bonchev–Trinajstić information content (AvgIpc) is 3.84. The molecule has 3 atom stereocenters. The molecule has 0 bridgehead atoms. The van der Waals surface area contributed by atoms with E-state index in [1.165, 1.54) is 23.1 Å². The molecule has 10 nitrogen and oxygen atoms in total. The number of halogens is 3. The summed E-state index contributed by atoms with van der Waals surface area (Å²) in [6, 6.07) is 17.5. The fourth-order valence-electron chi connectivity index (χ4n) is 6.08. The van der Waals surface area contributed by atoms with Crippen LogP contribution in [0, 0.1) is 0 Å². The van der Waals surface area contributed by atoms with Crippen molar-refractivity contribution in [2.75, 3.05) is 13.1 Å². The van der Waals surface area contributed by atoms with Gasteiger partial charge in [0.1, 0.15) is 23.1 Å². The van der Waals surface area contributed by atoms with Gasteiger partial charge in [-0.1, -0.05) is 81.6 Å². The average molecular weight is 736 g/mol. The molecule has 1 N–H and O–H groups in total. The second kappa shape index (κ2) is 12.6. The van der Waals surface area contributed by atoms with Gasteiger partial charge in [-0.25, -0.2) is 13.2 Å². The minimum absolute atomic E-state index is 0.0466. The molecule has 0 spiro atoms. The van der Waals surface area contributed by atoms with E-state index in [4.69, 9.17) is 23.2 Å². The van der Waals surface area contributed by atoms with Crippen molar-refractivity contribution in [1.82, 2.24) is 19.0 Å². The smallest absolute Gasteiger partial charge is 0.408 e. The van der Waals surface area contributed by atoms with Gasteiger partial charge in [0.25, 0.3) is 0 Å². The maximum Gasteiger partial charge on any atom is 0.408 e. The predicted molar refractivity (Wildman–Crippen MR) is 171 cm³/mol. The maximum absolute atomic E-state index is 14.5. The fourth-order valence-corrected chi connectivity index (χ4v) is 8.67. The predicted octanol–water partition coefficient (Wildman–Crippen LogP) is 5.08. The van der Waals surface area contributed by atoms with E-state index in [9.17, 15) is 27.9 Å². The SMILES string of the molecule is O=C1C(Cc2ccc(Br)cc2)N2C(=O)C(N(Cc3ccccc3)C(=O)O)CN(S(=O)(=O)c3ccc(Cl)cc3Cl)C2CN1C1CC1. The molecule has 2 aliphatic heterocycles. The Morgan fingerprint density at radius 3 is 2.24 bits per heavy atom. The Kier molecular flexibility index (Phi) is 8.88. The fraction of sp³-hybridized carbons (Fsp3) is 0.323. The molecular formula is C31H29BrCl2N4O6S. The van der Waals surface area contributed by atoms with E-state index in [0.29, 0.717) is 5.56 Å². The highest BCUT2D eigenvalue weighted by molar-refractivity contribution is 9.10. The molecule has 45 heavy (non-hydrogen) atoms. The Hall–Kier alpha value is -3.16. The summed E-state index contributed by atoms with van der Waals surface area (Å²) in [7, 11) is -4.43. The third kappa shape index (κ3) is 6.31. The van der Waals surface area contributed by atoms with Crippen LogP contribution >= 0.6 is 39.1 Å². The van der Waals surface area contributed by atoms with Gasteiger partial charge in [-0.3, -0.25) is 14.5 Å². The molecule has 3 aromatic rings. The topological polar surface area (TPSA) is 119 Å². The molecule has 2 heterocycles.